The van der Waals surface area contributed by atoms with E-state index in [-0.39, 0.29) is 37.4 Å². The Morgan fingerprint density at radius 3 is 2.43 bits per heavy atom. The minimum absolute atomic E-state index is 0.00451. The van der Waals surface area contributed by atoms with Crippen LogP contribution in [0.4, 0.5) is 16.2 Å². The van der Waals surface area contributed by atoms with Crippen molar-refractivity contribution in [2.75, 3.05) is 23.3 Å². The minimum Gasteiger partial charge on any atom is -0.481 e. The van der Waals surface area contributed by atoms with Crippen LogP contribution in [0.2, 0.25) is 0 Å². The van der Waals surface area contributed by atoms with Crippen molar-refractivity contribution in [3.8, 4) is 5.75 Å². The van der Waals surface area contributed by atoms with Crippen LogP contribution in [0, 0.1) is 11.8 Å². The van der Waals surface area contributed by atoms with Crippen LogP contribution >= 0.6 is 0 Å². The summed E-state index contributed by atoms with van der Waals surface area (Å²) in [5, 5.41) is 12.5. The number of nitrogens with zero attached hydrogens (tertiary/aromatic N) is 2. The summed E-state index contributed by atoms with van der Waals surface area (Å²) in [5.41, 5.74) is -0.662. The summed E-state index contributed by atoms with van der Waals surface area (Å²) >= 11 is 0. The third-order valence-electron chi connectivity index (χ3n) is 6.35. The third kappa shape index (κ3) is 5.36. The average molecular weight is 488 g/mol. The number of rotatable bonds is 4. The predicted octanol–water partition coefficient (Wildman–Crippen LogP) is 3.25. The van der Waals surface area contributed by atoms with Crippen LogP contribution in [-0.4, -0.2) is 64.2 Å². The number of carboxylic acids is 1. The first-order chi connectivity index (χ1) is 16.2. The van der Waals surface area contributed by atoms with Crippen molar-refractivity contribution >= 4 is 35.3 Å². The molecule has 1 aliphatic carbocycles. The van der Waals surface area contributed by atoms with Gasteiger partial charge in [-0.15, -0.1) is 0 Å². The van der Waals surface area contributed by atoms with E-state index in [1.807, 2.05) is 0 Å². The average Bonchev–Trinajstić information content (AvgIpc) is 3.58. The van der Waals surface area contributed by atoms with E-state index in [9.17, 15) is 24.3 Å². The molecule has 1 saturated carbocycles. The molecule has 1 aromatic carbocycles. The zero-order chi connectivity index (χ0) is 25.7. The van der Waals surface area contributed by atoms with Gasteiger partial charge in [0.15, 0.2) is 5.60 Å². The van der Waals surface area contributed by atoms with Gasteiger partial charge in [-0.1, -0.05) is 0 Å². The highest BCUT2D eigenvalue weighted by molar-refractivity contribution is 6.02. The zero-order valence-electron chi connectivity index (χ0n) is 20.8. The number of benzene rings is 1. The molecule has 2 heterocycles. The first-order valence-corrected chi connectivity index (χ1v) is 11.9. The van der Waals surface area contributed by atoms with Crippen LogP contribution < -0.4 is 15.0 Å². The van der Waals surface area contributed by atoms with Gasteiger partial charge in [-0.25, -0.2) is 4.79 Å². The molecule has 1 unspecified atom stereocenters. The first-order valence-electron chi connectivity index (χ1n) is 11.9. The van der Waals surface area contributed by atoms with Gasteiger partial charge in [0.05, 0.1) is 17.5 Å². The number of carboxylic acid groups (broad SMARTS) is 1. The third-order valence-corrected chi connectivity index (χ3v) is 6.35. The Balaban J connectivity index is 1.59. The van der Waals surface area contributed by atoms with Crippen molar-refractivity contribution in [3.05, 3.63) is 18.2 Å². The Morgan fingerprint density at radius 1 is 1.17 bits per heavy atom. The molecule has 2 fully saturated rings. The van der Waals surface area contributed by atoms with E-state index >= 15 is 0 Å². The maximum absolute atomic E-state index is 13.8. The molecule has 1 aromatic rings. The molecule has 0 radical (unpaired) electrons. The van der Waals surface area contributed by atoms with Gasteiger partial charge in [0.25, 0.3) is 5.91 Å². The van der Waals surface area contributed by atoms with Gasteiger partial charge in [0.1, 0.15) is 11.4 Å². The molecule has 2 atom stereocenters. The van der Waals surface area contributed by atoms with Crippen LogP contribution in [0.1, 0.15) is 53.9 Å². The summed E-state index contributed by atoms with van der Waals surface area (Å²) in [4.78, 5) is 53.7. The van der Waals surface area contributed by atoms with Crippen molar-refractivity contribution in [2.45, 2.75) is 71.1 Å². The summed E-state index contributed by atoms with van der Waals surface area (Å²) in [6.45, 7) is 8.65. The van der Waals surface area contributed by atoms with E-state index in [4.69, 9.17) is 9.47 Å². The monoisotopic (exact) mass is 487 g/mol. The van der Waals surface area contributed by atoms with Gasteiger partial charge < -0.3 is 29.7 Å². The molecule has 0 aromatic heterocycles. The van der Waals surface area contributed by atoms with Crippen molar-refractivity contribution in [2.24, 2.45) is 11.8 Å². The Kier molecular flexibility index (Phi) is 6.19. The predicted molar refractivity (Wildman–Crippen MR) is 127 cm³/mol. The summed E-state index contributed by atoms with van der Waals surface area (Å²) < 4.78 is 11.2. The maximum atomic E-state index is 13.8. The molecule has 2 N–H and O–H groups in total. The molecule has 35 heavy (non-hydrogen) atoms. The van der Waals surface area contributed by atoms with Crippen molar-refractivity contribution in [1.29, 1.82) is 0 Å². The van der Waals surface area contributed by atoms with Gasteiger partial charge in [0, 0.05) is 24.8 Å². The second kappa shape index (κ2) is 8.73. The summed E-state index contributed by atoms with van der Waals surface area (Å²) in [6.07, 6.45) is 1.15. The molecular weight excluding hydrogens is 454 g/mol. The van der Waals surface area contributed by atoms with E-state index in [0.29, 0.717) is 17.1 Å². The molecule has 10 heteroatoms. The lowest BCUT2D eigenvalue weighted by Gasteiger charge is -2.38. The fourth-order valence-corrected chi connectivity index (χ4v) is 4.43. The quantitative estimate of drug-likeness (QED) is 0.668. The fraction of sp³-hybridized carbons (Fsp3) is 0.600. The molecule has 190 valence electrons. The maximum Gasteiger partial charge on any atom is 0.410 e. The second-order valence-electron chi connectivity index (χ2n) is 11.0. The van der Waals surface area contributed by atoms with E-state index < -0.39 is 35.1 Å². The number of fused-ring (bicyclic) bond motifs is 1. The van der Waals surface area contributed by atoms with Crippen LogP contribution in [0.25, 0.3) is 0 Å². The number of hydrogen-bond acceptors (Lipinski definition) is 6. The second-order valence-corrected chi connectivity index (χ2v) is 11.0. The van der Waals surface area contributed by atoms with E-state index in [1.165, 1.54) is 4.90 Å². The molecule has 4 rings (SSSR count). The Morgan fingerprint density at radius 2 is 1.83 bits per heavy atom. The number of aliphatic carboxylic acids is 1. The number of piperidine rings is 1. The largest absolute Gasteiger partial charge is 0.481 e. The number of nitrogens with one attached hydrogen (secondary N) is 1. The number of amides is 3. The number of anilines is 2. The number of hydrogen-bond donors (Lipinski definition) is 2. The topological polar surface area (TPSA) is 125 Å². The lowest BCUT2D eigenvalue weighted by Crippen LogP contribution is -2.52. The summed E-state index contributed by atoms with van der Waals surface area (Å²) in [7, 11) is 0. The molecule has 0 bridgehead atoms. The molecule has 10 nitrogen and oxygen atoms in total. The smallest absolute Gasteiger partial charge is 0.410 e. The van der Waals surface area contributed by atoms with Crippen LogP contribution in [0.5, 0.6) is 5.75 Å². The lowest BCUT2D eigenvalue weighted by atomic mass is 9.88. The lowest BCUT2D eigenvalue weighted by molar-refractivity contribution is -0.145. The Labute approximate surface area is 204 Å². The van der Waals surface area contributed by atoms with Crippen molar-refractivity contribution in [1.82, 2.24) is 4.90 Å². The number of carbonyl (C=O) groups excluding carboxylic acids is 3. The SMILES string of the molecule is CC(C)(C)OC(=O)N1CC(C(=O)O)C[C@@H](C(=O)N(c2ccc3c(c2)NC(=O)C(C)(C)O3)C2CC2)C1. The van der Waals surface area contributed by atoms with Crippen LogP contribution in [-0.2, 0) is 19.1 Å². The van der Waals surface area contributed by atoms with Gasteiger partial charge in [0.2, 0.25) is 5.91 Å². The van der Waals surface area contributed by atoms with Gasteiger partial charge in [-0.3, -0.25) is 14.4 Å². The highest BCUT2D eigenvalue weighted by Crippen LogP contribution is 2.40. The number of likely N-dealkylation sites (tertiary alicyclic amines) is 1. The highest BCUT2D eigenvalue weighted by atomic mass is 16.6. The minimum atomic E-state index is -1.05. The zero-order valence-corrected chi connectivity index (χ0v) is 20.8. The highest BCUT2D eigenvalue weighted by Gasteiger charge is 2.44. The van der Waals surface area contributed by atoms with E-state index in [2.05, 4.69) is 5.32 Å². The number of carbonyl (C=O) groups is 4. The van der Waals surface area contributed by atoms with E-state index in [1.54, 1.807) is 57.7 Å². The molecular formula is C25H33N3O7. The van der Waals surface area contributed by atoms with Gasteiger partial charge in [-0.2, -0.15) is 0 Å². The normalized spacial score (nSPS) is 23.5. The number of ether oxygens (including phenoxy) is 2. The molecule has 3 amide bonds. The van der Waals surface area contributed by atoms with E-state index in [0.717, 1.165) is 12.8 Å². The molecule has 3 aliphatic rings. The van der Waals surface area contributed by atoms with Crippen LogP contribution in [0.15, 0.2) is 18.2 Å². The standard InChI is InChI=1S/C25H33N3O7/c1-24(2,3)35-23(33)27-12-14(10-15(13-27)21(30)31)20(29)28(16-6-7-16)17-8-9-19-18(11-17)26-22(32)25(4,5)34-19/h8-9,11,14-16H,6-7,10,12-13H2,1-5H3,(H,26,32)(H,30,31)/t14-,15?/m1/s1. The molecule has 0 spiro atoms. The van der Waals surface area contributed by atoms with Gasteiger partial charge in [-0.05, 0) is 72.1 Å². The van der Waals surface area contributed by atoms with Gasteiger partial charge >= 0.3 is 12.1 Å². The molecule has 1 saturated heterocycles. The first kappa shape index (κ1) is 24.8. The summed E-state index contributed by atoms with van der Waals surface area (Å²) in [6, 6.07) is 5.19. The van der Waals surface area contributed by atoms with Crippen molar-refractivity contribution < 1.29 is 33.8 Å². The summed E-state index contributed by atoms with van der Waals surface area (Å²) in [5.74, 6) is -2.62. The molecule has 2 aliphatic heterocycles. The fourth-order valence-electron chi connectivity index (χ4n) is 4.43. The van der Waals surface area contributed by atoms with Crippen LogP contribution in [0.3, 0.4) is 0 Å². The van der Waals surface area contributed by atoms with Crippen molar-refractivity contribution in [3.63, 3.8) is 0 Å². The Hall–Kier alpha value is -3.30. The Bertz CT molecular complexity index is 1060.